The van der Waals surface area contributed by atoms with Crippen molar-refractivity contribution in [3.63, 3.8) is 0 Å². The average molecular weight is 398 g/mol. The number of aliphatic hydroxyl groups is 1. The van der Waals surface area contributed by atoms with Crippen LogP contribution in [0.5, 0.6) is 0 Å². The van der Waals surface area contributed by atoms with E-state index in [2.05, 4.69) is 5.32 Å². The fraction of sp³-hybridized carbons (Fsp3) is 0.238. The maximum Gasteiger partial charge on any atom is 0.254 e. The third kappa shape index (κ3) is 3.63. The number of aliphatic hydroxyl groups excluding tert-OH is 1. The first-order chi connectivity index (χ1) is 13.5. The Morgan fingerprint density at radius 3 is 2.82 bits per heavy atom. The summed E-state index contributed by atoms with van der Waals surface area (Å²) in [6, 6.07) is 13.7. The lowest BCUT2D eigenvalue weighted by Crippen LogP contribution is -2.29. The second-order valence-corrected chi connectivity index (χ2v) is 7.84. The number of rotatable bonds is 5. The van der Waals surface area contributed by atoms with E-state index in [9.17, 15) is 19.1 Å². The first-order valence-corrected chi connectivity index (χ1v) is 9.89. The Balaban J connectivity index is 1.46. The summed E-state index contributed by atoms with van der Waals surface area (Å²) in [4.78, 5) is 26.6. The number of benzene rings is 2. The van der Waals surface area contributed by atoms with E-state index in [4.69, 9.17) is 0 Å². The van der Waals surface area contributed by atoms with E-state index in [-0.39, 0.29) is 18.0 Å². The van der Waals surface area contributed by atoms with Crippen LogP contribution in [0.1, 0.15) is 34.2 Å². The molecule has 5 nitrogen and oxygen atoms in total. The second kappa shape index (κ2) is 7.69. The third-order valence-electron chi connectivity index (χ3n) is 4.81. The molecule has 0 spiro atoms. The Morgan fingerprint density at radius 2 is 2.07 bits per heavy atom. The minimum Gasteiger partial charge on any atom is -0.386 e. The molecule has 7 heteroatoms. The van der Waals surface area contributed by atoms with Crippen molar-refractivity contribution in [2.45, 2.75) is 18.9 Å². The van der Waals surface area contributed by atoms with Crippen molar-refractivity contribution in [3.05, 3.63) is 64.8 Å². The molecule has 0 radical (unpaired) electrons. The average Bonchev–Trinajstić information content (AvgIpc) is 3.32. The SMILES string of the molecule is O=C(NCC(O)c1cc2ccccc2s1)c1cc(N2CCCC2=O)ccc1F. The first-order valence-electron chi connectivity index (χ1n) is 9.07. The standard InChI is InChI=1S/C21H19FN2O3S/c22-16-8-7-14(24-9-3-6-20(24)26)11-15(16)21(27)23-12-17(25)19-10-13-4-1-2-5-18(13)28-19/h1-2,4-5,7-8,10-11,17,25H,3,6,9,12H2,(H,23,27). The quantitative estimate of drug-likeness (QED) is 0.690. The molecule has 4 rings (SSSR count). The van der Waals surface area contributed by atoms with Gasteiger partial charge in [0.15, 0.2) is 0 Å². The van der Waals surface area contributed by atoms with Gasteiger partial charge >= 0.3 is 0 Å². The van der Waals surface area contributed by atoms with Crippen LogP contribution in [0.25, 0.3) is 10.1 Å². The zero-order chi connectivity index (χ0) is 19.7. The van der Waals surface area contributed by atoms with Gasteiger partial charge in [0.2, 0.25) is 5.91 Å². The van der Waals surface area contributed by atoms with Crippen LogP contribution < -0.4 is 10.2 Å². The number of hydrogen-bond donors (Lipinski definition) is 2. The van der Waals surface area contributed by atoms with E-state index in [0.717, 1.165) is 21.4 Å². The van der Waals surface area contributed by atoms with Crippen molar-refractivity contribution in [2.75, 3.05) is 18.0 Å². The Bertz CT molecular complexity index is 1020. The topological polar surface area (TPSA) is 69.6 Å². The molecule has 1 fully saturated rings. The van der Waals surface area contributed by atoms with Crippen LogP contribution in [0.3, 0.4) is 0 Å². The number of carbonyl (C=O) groups excluding carboxylic acids is 2. The van der Waals surface area contributed by atoms with Crippen LogP contribution in [0, 0.1) is 5.82 Å². The fourth-order valence-corrected chi connectivity index (χ4v) is 4.38. The summed E-state index contributed by atoms with van der Waals surface area (Å²) in [6.07, 6.45) is 0.326. The zero-order valence-corrected chi connectivity index (χ0v) is 15.8. The number of carbonyl (C=O) groups is 2. The molecule has 1 aromatic heterocycles. The first kappa shape index (κ1) is 18.6. The molecular formula is C21H19FN2O3S. The summed E-state index contributed by atoms with van der Waals surface area (Å²) >= 11 is 1.46. The highest BCUT2D eigenvalue weighted by atomic mass is 32.1. The molecule has 2 amide bonds. The van der Waals surface area contributed by atoms with Crippen molar-refractivity contribution < 1.29 is 19.1 Å². The predicted molar refractivity (Wildman–Crippen MR) is 107 cm³/mol. The van der Waals surface area contributed by atoms with E-state index < -0.39 is 17.8 Å². The van der Waals surface area contributed by atoms with Crippen molar-refractivity contribution in [2.24, 2.45) is 0 Å². The summed E-state index contributed by atoms with van der Waals surface area (Å²) in [5, 5.41) is 14.0. The molecule has 1 saturated heterocycles. The second-order valence-electron chi connectivity index (χ2n) is 6.73. The van der Waals surface area contributed by atoms with Crippen LogP contribution in [-0.2, 0) is 4.79 Å². The van der Waals surface area contributed by atoms with Crippen LogP contribution in [0.4, 0.5) is 10.1 Å². The van der Waals surface area contributed by atoms with Crippen molar-refractivity contribution in [3.8, 4) is 0 Å². The molecule has 1 aliphatic heterocycles. The maximum absolute atomic E-state index is 14.2. The molecule has 0 aliphatic carbocycles. The third-order valence-corrected chi connectivity index (χ3v) is 6.03. The zero-order valence-electron chi connectivity index (χ0n) is 15.0. The summed E-state index contributed by atoms with van der Waals surface area (Å²) in [6.45, 7) is 0.536. The van der Waals surface area contributed by atoms with Gasteiger partial charge in [0.25, 0.3) is 5.91 Å². The van der Waals surface area contributed by atoms with Crippen molar-refractivity contribution in [1.29, 1.82) is 0 Å². The highest BCUT2D eigenvalue weighted by Crippen LogP contribution is 2.29. The van der Waals surface area contributed by atoms with Crippen LogP contribution >= 0.6 is 11.3 Å². The number of anilines is 1. The predicted octanol–water partition coefficient (Wildman–Crippen LogP) is 3.63. The highest BCUT2D eigenvalue weighted by Gasteiger charge is 2.24. The van der Waals surface area contributed by atoms with E-state index >= 15 is 0 Å². The van der Waals surface area contributed by atoms with Gasteiger partial charge in [0, 0.05) is 34.8 Å². The Labute approximate surface area is 165 Å². The van der Waals surface area contributed by atoms with E-state index in [1.807, 2.05) is 30.3 Å². The highest BCUT2D eigenvalue weighted by molar-refractivity contribution is 7.19. The molecule has 1 unspecified atom stereocenters. The summed E-state index contributed by atoms with van der Waals surface area (Å²) < 4.78 is 15.2. The molecule has 3 aromatic rings. The number of hydrogen-bond acceptors (Lipinski definition) is 4. The largest absolute Gasteiger partial charge is 0.386 e. The number of thiophene rings is 1. The van der Waals surface area contributed by atoms with E-state index in [0.29, 0.717) is 18.7 Å². The molecule has 2 aromatic carbocycles. The van der Waals surface area contributed by atoms with Crippen LogP contribution in [0.2, 0.25) is 0 Å². The van der Waals surface area contributed by atoms with Crippen molar-refractivity contribution in [1.82, 2.24) is 5.32 Å². The molecule has 0 saturated carbocycles. The van der Waals surface area contributed by atoms with Gasteiger partial charge in [-0.15, -0.1) is 11.3 Å². The summed E-state index contributed by atoms with van der Waals surface area (Å²) in [5.74, 6) is -1.31. The minimum absolute atomic E-state index is 0.0295. The van der Waals surface area contributed by atoms with Gasteiger partial charge in [-0.25, -0.2) is 4.39 Å². The Morgan fingerprint density at radius 1 is 1.25 bits per heavy atom. The lowest BCUT2D eigenvalue weighted by molar-refractivity contribution is -0.117. The van der Waals surface area contributed by atoms with Gasteiger partial charge in [-0.3, -0.25) is 9.59 Å². The smallest absolute Gasteiger partial charge is 0.254 e. The monoisotopic (exact) mass is 398 g/mol. The van der Waals surface area contributed by atoms with Gasteiger partial charge in [-0.1, -0.05) is 18.2 Å². The molecule has 28 heavy (non-hydrogen) atoms. The molecule has 2 heterocycles. The molecule has 1 aliphatic rings. The van der Waals surface area contributed by atoms with E-state index in [1.54, 1.807) is 4.90 Å². The number of fused-ring (bicyclic) bond motifs is 1. The molecule has 2 N–H and O–H groups in total. The van der Waals surface area contributed by atoms with Crippen molar-refractivity contribution >= 4 is 38.9 Å². The van der Waals surface area contributed by atoms with Crippen LogP contribution in [-0.4, -0.2) is 30.0 Å². The number of amides is 2. The molecule has 144 valence electrons. The molecule has 0 bridgehead atoms. The minimum atomic E-state index is -0.882. The van der Waals surface area contributed by atoms with Gasteiger partial charge in [-0.2, -0.15) is 0 Å². The Kier molecular flexibility index (Phi) is 5.11. The summed E-state index contributed by atoms with van der Waals surface area (Å²) in [5.41, 5.74) is 0.375. The number of nitrogens with one attached hydrogen (secondary N) is 1. The van der Waals surface area contributed by atoms with Gasteiger partial charge < -0.3 is 15.3 Å². The summed E-state index contributed by atoms with van der Waals surface area (Å²) in [7, 11) is 0. The van der Waals surface area contributed by atoms with Gasteiger partial charge in [0.05, 0.1) is 5.56 Å². The Hall–Kier alpha value is -2.77. The van der Waals surface area contributed by atoms with Crippen LogP contribution in [0.15, 0.2) is 48.5 Å². The number of halogens is 1. The maximum atomic E-state index is 14.2. The molecule has 1 atom stereocenters. The number of nitrogens with zero attached hydrogens (tertiary/aromatic N) is 1. The van der Waals surface area contributed by atoms with E-state index in [1.165, 1.54) is 29.5 Å². The van der Waals surface area contributed by atoms with Gasteiger partial charge in [0.1, 0.15) is 11.9 Å². The fourth-order valence-electron chi connectivity index (χ4n) is 3.33. The normalized spacial score (nSPS) is 15.2. The molecular weight excluding hydrogens is 379 g/mol. The lowest BCUT2D eigenvalue weighted by atomic mass is 10.1. The lowest BCUT2D eigenvalue weighted by Gasteiger charge is -2.17. The van der Waals surface area contributed by atoms with Gasteiger partial charge in [-0.05, 0) is 42.1 Å².